The molecule has 4 rings (SSSR count). The van der Waals surface area contributed by atoms with E-state index in [1.54, 1.807) is 43.5 Å². The Morgan fingerprint density at radius 3 is 2.10 bits per heavy atom. The zero-order valence-corrected chi connectivity index (χ0v) is 18.2. The molecule has 0 bridgehead atoms. The van der Waals surface area contributed by atoms with E-state index in [2.05, 4.69) is 17.4 Å². The zero-order valence-electron chi connectivity index (χ0n) is 16.7. The first-order valence-corrected chi connectivity index (χ1v) is 10.4. The van der Waals surface area contributed by atoms with E-state index in [0.29, 0.717) is 27.0 Å². The first-order chi connectivity index (χ1) is 15.0. The number of nitrogens with one attached hydrogen (secondary N) is 1. The minimum atomic E-state index is -0.250. The Hall–Kier alpha value is -3.27. The van der Waals surface area contributed by atoms with E-state index < -0.39 is 0 Å². The van der Waals surface area contributed by atoms with Crippen LogP contribution in [0.4, 0.5) is 5.69 Å². The molecule has 0 atom stereocenters. The maximum Gasteiger partial charge on any atom is 0.255 e. The molecular weight excluding hydrogens is 429 g/mol. The van der Waals surface area contributed by atoms with Gasteiger partial charge in [-0.25, -0.2) is 0 Å². The molecule has 154 valence electrons. The van der Waals surface area contributed by atoms with Gasteiger partial charge in [-0.05, 0) is 53.1 Å². The SMILES string of the molecule is COc1ccc(NC(=O)c2ccc(Cl)c(-c3ccc(-c4ccccc4)cc3)c2)cc1Cl. The van der Waals surface area contributed by atoms with Crippen molar-refractivity contribution in [2.75, 3.05) is 12.4 Å². The van der Waals surface area contributed by atoms with Crippen LogP contribution in [0.2, 0.25) is 10.0 Å². The minimum Gasteiger partial charge on any atom is -0.495 e. The van der Waals surface area contributed by atoms with Crippen molar-refractivity contribution in [1.82, 2.24) is 0 Å². The lowest BCUT2D eigenvalue weighted by atomic mass is 9.99. The molecular formula is C26H19Cl2NO2. The fourth-order valence-electron chi connectivity index (χ4n) is 3.31. The normalized spacial score (nSPS) is 10.5. The van der Waals surface area contributed by atoms with Crippen LogP contribution >= 0.6 is 23.2 Å². The number of hydrogen-bond acceptors (Lipinski definition) is 2. The number of carbonyl (C=O) groups is 1. The number of ether oxygens (including phenoxy) is 1. The molecule has 0 fully saturated rings. The van der Waals surface area contributed by atoms with E-state index >= 15 is 0 Å². The van der Waals surface area contributed by atoms with Crippen LogP contribution in [-0.2, 0) is 0 Å². The fraction of sp³-hybridized carbons (Fsp3) is 0.0385. The van der Waals surface area contributed by atoms with Gasteiger partial charge in [-0.2, -0.15) is 0 Å². The van der Waals surface area contributed by atoms with Gasteiger partial charge in [0.1, 0.15) is 5.75 Å². The first kappa shape index (κ1) is 21.0. The lowest BCUT2D eigenvalue weighted by molar-refractivity contribution is 0.102. The number of rotatable bonds is 5. The van der Waals surface area contributed by atoms with Crippen LogP contribution in [0.1, 0.15) is 10.4 Å². The van der Waals surface area contributed by atoms with Crippen LogP contribution in [-0.4, -0.2) is 13.0 Å². The highest BCUT2D eigenvalue weighted by Gasteiger charge is 2.12. The summed E-state index contributed by atoms with van der Waals surface area (Å²) >= 11 is 12.6. The molecule has 0 saturated carbocycles. The highest BCUT2D eigenvalue weighted by atomic mass is 35.5. The van der Waals surface area contributed by atoms with Gasteiger partial charge < -0.3 is 10.1 Å². The zero-order chi connectivity index (χ0) is 21.8. The van der Waals surface area contributed by atoms with E-state index in [4.69, 9.17) is 27.9 Å². The van der Waals surface area contributed by atoms with Gasteiger partial charge in [0.25, 0.3) is 5.91 Å². The van der Waals surface area contributed by atoms with E-state index in [1.165, 1.54) is 0 Å². The van der Waals surface area contributed by atoms with Crippen LogP contribution < -0.4 is 10.1 Å². The van der Waals surface area contributed by atoms with Crippen molar-refractivity contribution in [1.29, 1.82) is 0 Å². The summed E-state index contributed by atoms with van der Waals surface area (Å²) in [6, 6.07) is 28.6. The Bertz CT molecular complexity index is 1220. The summed E-state index contributed by atoms with van der Waals surface area (Å²) in [5.41, 5.74) is 5.07. The molecule has 0 aromatic heterocycles. The number of methoxy groups -OCH3 is 1. The van der Waals surface area contributed by atoms with E-state index in [0.717, 1.165) is 22.3 Å². The Morgan fingerprint density at radius 2 is 1.42 bits per heavy atom. The van der Waals surface area contributed by atoms with Crippen molar-refractivity contribution >= 4 is 34.8 Å². The third kappa shape index (κ3) is 4.74. The molecule has 1 N–H and O–H groups in total. The van der Waals surface area contributed by atoms with Gasteiger partial charge in [-0.1, -0.05) is 77.8 Å². The van der Waals surface area contributed by atoms with Gasteiger partial charge in [-0.15, -0.1) is 0 Å². The molecule has 0 saturated heterocycles. The molecule has 0 aliphatic heterocycles. The maximum absolute atomic E-state index is 12.8. The molecule has 1 amide bonds. The molecule has 0 aliphatic rings. The Kier molecular flexibility index (Phi) is 6.26. The first-order valence-electron chi connectivity index (χ1n) is 9.65. The molecule has 0 aliphatic carbocycles. The predicted octanol–water partition coefficient (Wildman–Crippen LogP) is 7.59. The molecule has 4 aromatic rings. The number of hydrogen-bond donors (Lipinski definition) is 1. The number of benzene rings is 4. The van der Waals surface area contributed by atoms with Crippen LogP contribution in [0.3, 0.4) is 0 Å². The Balaban J connectivity index is 1.58. The van der Waals surface area contributed by atoms with Gasteiger partial charge in [0, 0.05) is 21.8 Å². The Labute approximate surface area is 191 Å². The van der Waals surface area contributed by atoms with Crippen molar-refractivity contribution < 1.29 is 9.53 Å². The average Bonchev–Trinajstić information content (AvgIpc) is 2.80. The lowest BCUT2D eigenvalue weighted by Gasteiger charge is -2.11. The number of carbonyl (C=O) groups excluding carboxylic acids is 1. The van der Waals surface area contributed by atoms with Gasteiger partial charge in [0.05, 0.1) is 12.1 Å². The molecule has 0 heterocycles. The van der Waals surface area contributed by atoms with E-state index in [1.807, 2.05) is 42.5 Å². The molecule has 3 nitrogen and oxygen atoms in total. The van der Waals surface area contributed by atoms with Crippen LogP contribution in [0.5, 0.6) is 5.75 Å². The van der Waals surface area contributed by atoms with Crippen LogP contribution in [0.15, 0.2) is 91.0 Å². The monoisotopic (exact) mass is 447 g/mol. The Morgan fingerprint density at radius 1 is 0.742 bits per heavy atom. The summed E-state index contributed by atoms with van der Waals surface area (Å²) < 4.78 is 5.14. The molecule has 5 heteroatoms. The fourth-order valence-corrected chi connectivity index (χ4v) is 3.79. The summed E-state index contributed by atoms with van der Waals surface area (Å²) in [5.74, 6) is 0.299. The molecule has 31 heavy (non-hydrogen) atoms. The van der Waals surface area contributed by atoms with Crippen molar-refractivity contribution in [3.63, 3.8) is 0 Å². The molecule has 0 unspecified atom stereocenters. The highest BCUT2D eigenvalue weighted by Crippen LogP contribution is 2.32. The van der Waals surface area contributed by atoms with Gasteiger partial charge in [0.15, 0.2) is 0 Å². The third-order valence-corrected chi connectivity index (χ3v) is 5.57. The molecule has 0 spiro atoms. The van der Waals surface area contributed by atoms with E-state index in [9.17, 15) is 4.79 Å². The van der Waals surface area contributed by atoms with Gasteiger partial charge in [0.2, 0.25) is 0 Å². The third-order valence-electron chi connectivity index (χ3n) is 4.94. The smallest absolute Gasteiger partial charge is 0.255 e. The summed E-state index contributed by atoms with van der Waals surface area (Å²) in [6.07, 6.45) is 0. The van der Waals surface area contributed by atoms with Gasteiger partial charge >= 0.3 is 0 Å². The minimum absolute atomic E-state index is 0.250. The van der Waals surface area contributed by atoms with Crippen molar-refractivity contribution in [2.24, 2.45) is 0 Å². The van der Waals surface area contributed by atoms with Crippen molar-refractivity contribution in [3.8, 4) is 28.0 Å². The second-order valence-corrected chi connectivity index (χ2v) is 7.76. The van der Waals surface area contributed by atoms with Crippen LogP contribution in [0, 0.1) is 0 Å². The predicted molar refractivity (Wildman–Crippen MR) is 128 cm³/mol. The number of anilines is 1. The largest absolute Gasteiger partial charge is 0.495 e. The molecule has 4 aromatic carbocycles. The maximum atomic E-state index is 12.8. The van der Waals surface area contributed by atoms with Crippen molar-refractivity contribution in [3.05, 3.63) is 107 Å². The van der Waals surface area contributed by atoms with E-state index in [-0.39, 0.29) is 5.91 Å². The highest BCUT2D eigenvalue weighted by molar-refractivity contribution is 6.33. The summed E-state index contributed by atoms with van der Waals surface area (Å²) in [5, 5.41) is 3.86. The van der Waals surface area contributed by atoms with Gasteiger partial charge in [-0.3, -0.25) is 4.79 Å². The lowest BCUT2D eigenvalue weighted by Crippen LogP contribution is -2.12. The summed E-state index contributed by atoms with van der Waals surface area (Å²) in [6.45, 7) is 0. The van der Waals surface area contributed by atoms with Crippen molar-refractivity contribution in [2.45, 2.75) is 0 Å². The summed E-state index contributed by atoms with van der Waals surface area (Å²) in [4.78, 5) is 12.8. The second kappa shape index (κ2) is 9.25. The number of halogens is 2. The standard InChI is InChI=1S/C26H19Cl2NO2/c1-31-25-14-12-21(16-24(25)28)29-26(30)20-11-13-23(27)22(15-20)19-9-7-18(8-10-19)17-5-3-2-4-6-17/h2-16H,1H3,(H,29,30). The quantitative estimate of drug-likeness (QED) is 0.342. The van der Waals surface area contributed by atoms with Crippen LogP contribution in [0.25, 0.3) is 22.3 Å². The molecule has 0 radical (unpaired) electrons. The average molecular weight is 448 g/mol. The second-order valence-electron chi connectivity index (χ2n) is 6.94. The summed E-state index contributed by atoms with van der Waals surface area (Å²) in [7, 11) is 1.54. The number of amides is 1. The topological polar surface area (TPSA) is 38.3 Å².